The number of nitrogens with one attached hydrogen (secondary N) is 3. The topological polar surface area (TPSA) is 98.8 Å². The van der Waals surface area contributed by atoms with E-state index in [1.54, 1.807) is 18.6 Å². The molecule has 3 aromatic heterocycles. The summed E-state index contributed by atoms with van der Waals surface area (Å²) in [7, 11) is 4.04. The van der Waals surface area contributed by atoms with Gasteiger partial charge >= 0.3 is 0 Å². The van der Waals surface area contributed by atoms with E-state index in [0.717, 1.165) is 40.8 Å². The molecule has 1 amide bonds. The fourth-order valence-electron chi connectivity index (χ4n) is 3.24. The standard InChI is InChI=1S/C23H25N7O/c1-30(2)12-4-10-25-22(31)21-13-16-6-7-18(14-20(16)28-21)27-23-26-11-8-19(29-23)17-5-3-9-24-15-17/h3,5-9,11,13-15,28H,4,10,12H2,1-2H3,(H,25,31)(H,26,27,29). The minimum absolute atomic E-state index is 0.100. The smallest absolute Gasteiger partial charge is 0.267 e. The molecule has 0 saturated carbocycles. The summed E-state index contributed by atoms with van der Waals surface area (Å²) >= 11 is 0. The van der Waals surface area contributed by atoms with Crippen LogP contribution in [0.3, 0.4) is 0 Å². The lowest BCUT2D eigenvalue weighted by Gasteiger charge is -2.09. The number of nitrogens with zero attached hydrogens (tertiary/aromatic N) is 4. The van der Waals surface area contributed by atoms with E-state index in [1.165, 1.54) is 0 Å². The zero-order chi connectivity index (χ0) is 21.6. The molecule has 1 aromatic carbocycles. The van der Waals surface area contributed by atoms with E-state index >= 15 is 0 Å². The van der Waals surface area contributed by atoms with Gasteiger partial charge in [0, 0.05) is 47.3 Å². The third kappa shape index (κ3) is 5.23. The monoisotopic (exact) mass is 415 g/mol. The Balaban J connectivity index is 1.46. The van der Waals surface area contributed by atoms with Crippen LogP contribution in [0, 0.1) is 0 Å². The molecular formula is C23H25N7O. The molecule has 4 aromatic rings. The summed E-state index contributed by atoms with van der Waals surface area (Å²) in [6.07, 6.45) is 6.12. The summed E-state index contributed by atoms with van der Waals surface area (Å²) in [5.74, 6) is 0.392. The molecule has 0 aliphatic carbocycles. The van der Waals surface area contributed by atoms with Gasteiger partial charge in [0.1, 0.15) is 5.69 Å². The second-order valence-electron chi connectivity index (χ2n) is 7.53. The minimum Gasteiger partial charge on any atom is -0.351 e. The number of benzene rings is 1. The molecule has 4 rings (SSSR count). The zero-order valence-electron chi connectivity index (χ0n) is 17.6. The first kappa shape index (κ1) is 20.5. The van der Waals surface area contributed by atoms with Gasteiger partial charge in [-0.25, -0.2) is 9.97 Å². The Hall–Kier alpha value is -3.78. The molecule has 0 atom stereocenters. The second-order valence-corrected chi connectivity index (χ2v) is 7.53. The van der Waals surface area contributed by atoms with Gasteiger partial charge in [-0.3, -0.25) is 9.78 Å². The van der Waals surface area contributed by atoms with E-state index < -0.39 is 0 Å². The molecule has 0 radical (unpaired) electrons. The van der Waals surface area contributed by atoms with Gasteiger partial charge in [0.25, 0.3) is 5.91 Å². The highest BCUT2D eigenvalue weighted by Crippen LogP contribution is 2.23. The van der Waals surface area contributed by atoms with Crippen LogP contribution in [0.4, 0.5) is 11.6 Å². The summed E-state index contributed by atoms with van der Waals surface area (Å²) in [5, 5.41) is 7.15. The highest BCUT2D eigenvalue weighted by atomic mass is 16.1. The summed E-state index contributed by atoms with van der Waals surface area (Å²) in [5.41, 5.74) is 3.96. The number of amides is 1. The normalized spacial score (nSPS) is 11.1. The summed E-state index contributed by atoms with van der Waals surface area (Å²) in [6.45, 7) is 1.58. The van der Waals surface area contributed by atoms with Crippen LogP contribution in [0.25, 0.3) is 22.2 Å². The van der Waals surface area contributed by atoms with Crippen LogP contribution in [-0.4, -0.2) is 57.9 Å². The van der Waals surface area contributed by atoms with E-state index in [9.17, 15) is 4.79 Å². The number of aromatic amines is 1. The second kappa shape index (κ2) is 9.36. The molecule has 0 aliphatic heterocycles. The largest absolute Gasteiger partial charge is 0.351 e. The Labute approximate surface area is 180 Å². The van der Waals surface area contributed by atoms with E-state index in [2.05, 4.69) is 35.5 Å². The molecule has 158 valence electrons. The molecule has 0 spiro atoms. The minimum atomic E-state index is -0.100. The van der Waals surface area contributed by atoms with Gasteiger partial charge in [0.05, 0.1) is 5.69 Å². The highest BCUT2D eigenvalue weighted by molar-refractivity contribution is 5.98. The Morgan fingerprint density at radius 2 is 2.03 bits per heavy atom. The number of carbonyl (C=O) groups excluding carboxylic acids is 1. The van der Waals surface area contributed by atoms with Crippen molar-refractivity contribution in [2.24, 2.45) is 0 Å². The molecule has 0 saturated heterocycles. The lowest BCUT2D eigenvalue weighted by atomic mass is 10.2. The lowest BCUT2D eigenvalue weighted by molar-refractivity contribution is 0.0948. The fourth-order valence-corrected chi connectivity index (χ4v) is 3.24. The number of hydrogen-bond acceptors (Lipinski definition) is 6. The Kier molecular flexibility index (Phi) is 6.18. The maximum absolute atomic E-state index is 12.4. The van der Waals surface area contributed by atoms with Crippen molar-refractivity contribution in [2.45, 2.75) is 6.42 Å². The first-order valence-corrected chi connectivity index (χ1v) is 10.1. The summed E-state index contributed by atoms with van der Waals surface area (Å²) in [6, 6.07) is 13.4. The number of carbonyl (C=O) groups is 1. The van der Waals surface area contributed by atoms with Gasteiger partial charge in [0.2, 0.25) is 5.95 Å². The van der Waals surface area contributed by atoms with Crippen molar-refractivity contribution in [3.63, 3.8) is 0 Å². The third-order valence-corrected chi connectivity index (χ3v) is 4.80. The van der Waals surface area contributed by atoms with Crippen molar-refractivity contribution in [3.05, 3.63) is 66.7 Å². The highest BCUT2D eigenvalue weighted by Gasteiger charge is 2.10. The van der Waals surface area contributed by atoms with Crippen LogP contribution in [0.2, 0.25) is 0 Å². The van der Waals surface area contributed by atoms with E-state index in [0.29, 0.717) is 18.2 Å². The van der Waals surface area contributed by atoms with Crippen LogP contribution >= 0.6 is 0 Å². The molecule has 8 heteroatoms. The molecule has 3 N–H and O–H groups in total. The molecule has 8 nitrogen and oxygen atoms in total. The first-order chi connectivity index (χ1) is 15.1. The number of anilines is 2. The van der Waals surface area contributed by atoms with Crippen molar-refractivity contribution in [1.82, 2.24) is 30.2 Å². The third-order valence-electron chi connectivity index (χ3n) is 4.80. The van der Waals surface area contributed by atoms with E-state index in [-0.39, 0.29) is 5.91 Å². The Bertz CT molecular complexity index is 1170. The zero-order valence-corrected chi connectivity index (χ0v) is 17.6. The molecule has 31 heavy (non-hydrogen) atoms. The van der Waals surface area contributed by atoms with Crippen molar-refractivity contribution < 1.29 is 4.79 Å². The van der Waals surface area contributed by atoms with Crippen LogP contribution in [0.1, 0.15) is 16.9 Å². The number of hydrogen-bond donors (Lipinski definition) is 3. The van der Waals surface area contributed by atoms with Gasteiger partial charge in [-0.1, -0.05) is 6.07 Å². The maximum Gasteiger partial charge on any atom is 0.267 e. The molecule has 0 fully saturated rings. The average molecular weight is 416 g/mol. The number of rotatable bonds is 8. The van der Waals surface area contributed by atoms with Gasteiger partial charge in [-0.15, -0.1) is 0 Å². The number of H-pyrrole nitrogens is 1. The fraction of sp³-hybridized carbons (Fsp3) is 0.217. The van der Waals surface area contributed by atoms with Crippen LogP contribution in [-0.2, 0) is 0 Å². The predicted molar refractivity (Wildman–Crippen MR) is 122 cm³/mol. The molecule has 0 unspecified atom stereocenters. The quantitative estimate of drug-likeness (QED) is 0.381. The van der Waals surface area contributed by atoms with E-state index in [1.807, 2.05) is 56.6 Å². The molecule has 0 bridgehead atoms. The summed E-state index contributed by atoms with van der Waals surface area (Å²) < 4.78 is 0. The first-order valence-electron chi connectivity index (χ1n) is 10.1. The van der Waals surface area contributed by atoms with Crippen molar-refractivity contribution in [2.75, 3.05) is 32.5 Å². The van der Waals surface area contributed by atoms with Crippen molar-refractivity contribution in [3.8, 4) is 11.3 Å². The van der Waals surface area contributed by atoms with Gasteiger partial charge < -0.3 is 20.5 Å². The average Bonchev–Trinajstić information content (AvgIpc) is 3.21. The predicted octanol–water partition coefficient (Wildman–Crippen LogP) is 3.45. The molecule has 0 aliphatic rings. The Morgan fingerprint density at radius 3 is 2.84 bits per heavy atom. The van der Waals surface area contributed by atoms with Gasteiger partial charge in [-0.2, -0.15) is 0 Å². The summed E-state index contributed by atoms with van der Waals surface area (Å²) in [4.78, 5) is 30.7. The van der Waals surface area contributed by atoms with E-state index in [4.69, 9.17) is 0 Å². The molecule has 3 heterocycles. The van der Waals surface area contributed by atoms with Crippen LogP contribution in [0.5, 0.6) is 0 Å². The van der Waals surface area contributed by atoms with Gasteiger partial charge in [-0.05, 0) is 63.5 Å². The van der Waals surface area contributed by atoms with Crippen LogP contribution in [0.15, 0.2) is 61.1 Å². The Morgan fingerprint density at radius 1 is 1.13 bits per heavy atom. The van der Waals surface area contributed by atoms with Crippen molar-refractivity contribution in [1.29, 1.82) is 0 Å². The van der Waals surface area contributed by atoms with Crippen molar-refractivity contribution >= 4 is 28.4 Å². The number of pyridine rings is 1. The lowest BCUT2D eigenvalue weighted by Crippen LogP contribution is -2.27. The van der Waals surface area contributed by atoms with Gasteiger partial charge in [0.15, 0.2) is 0 Å². The SMILES string of the molecule is CN(C)CCCNC(=O)c1cc2ccc(Nc3nccc(-c4cccnc4)n3)cc2[nH]1. The maximum atomic E-state index is 12.4. The number of fused-ring (bicyclic) bond motifs is 1. The van der Waals surface area contributed by atoms with Crippen LogP contribution < -0.4 is 10.6 Å². The number of aromatic nitrogens is 4. The molecular weight excluding hydrogens is 390 g/mol.